The Kier molecular flexibility index (Phi) is 3.78. The number of imide groups is 1. The topological polar surface area (TPSA) is 66.6 Å². The normalized spacial score (nSPS) is 13.4. The van der Waals surface area contributed by atoms with Crippen molar-refractivity contribution in [3.8, 4) is 0 Å². The molecule has 0 fully saturated rings. The van der Waals surface area contributed by atoms with Crippen molar-refractivity contribution >= 4 is 17.6 Å². The number of primary amides is 1. The number of urea groups is 1. The molecule has 0 atom stereocenters. The quantitative estimate of drug-likeness (QED) is 0.926. The summed E-state index contributed by atoms with van der Waals surface area (Å²) in [6, 6.07) is 15.7. The molecule has 3 rings (SSSR count). The lowest BCUT2D eigenvalue weighted by Gasteiger charge is -2.37. The summed E-state index contributed by atoms with van der Waals surface area (Å²) >= 11 is 0. The number of amides is 3. The van der Waals surface area contributed by atoms with Gasteiger partial charge in [-0.2, -0.15) is 5.01 Å². The number of aryl methyl sites for hydroxylation is 1. The maximum atomic E-state index is 12.7. The molecule has 1 aliphatic heterocycles. The van der Waals surface area contributed by atoms with Crippen molar-refractivity contribution in [1.29, 1.82) is 0 Å². The fourth-order valence-electron chi connectivity index (χ4n) is 2.75. The van der Waals surface area contributed by atoms with Crippen molar-refractivity contribution in [2.45, 2.75) is 12.8 Å². The number of carbonyl (C=O) groups excluding carboxylic acids is 2. The molecule has 5 heteroatoms. The number of fused-ring (bicyclic) bond motifs is 1. The zero-order valence-electron chi connectivity index (χ0n) is 12.1. The van der Waals surface area contributed by atoms with Crippen LogP contribution in [0.4, 0.5) is 10.5 Å². The van der Waals surface area contributed by atoms with Crippen molar-refractivity contribution in [3.05, 3.63) is 65.7 Å². The molecule has 1 heterocycles. The van der Waals surface area contributed by atoms with Crippen molar-refractivity contribution in [2.24, 2.45) is 5.73 Å². The average molecular weight is 295 g/mol. The van der Waals surface area contributed by atoms with Crippen molar-refractivity contribution in [1.82, 2.24) is 5.01 Å². The van der Waals surface area contributed by atoms with Gasteiger partial charge in [0.15, 0.2) is 0 Å². The van der Waals surface area contributed by atoms with Gasteiger partial charge in [0.2, 0.25) is 0 Å². The molecule has 0 bridgehead atoms. The predicted octanol–water partition coefficient (Wildman–Crippen LogP) is 2.58. The summed E-state index contributed by atoms with van der Waals surface area (Å²) in [7, 11) is 0. The van der Waals surface area contributed by atoms with E-state index >= 15 is 0 Å². The van der Waals surface area contributed by atoms with Crippen LogP contribution in [0.1, 0.15) is 22.3 Å². The molecule has 0 aromatic heterocycles. The van der Waals surface area contributed by atoms with Gasteiger partial charge in [0.05, 0.1) is 5.69 Å². The molecule has 0 unspecified atom stereocenters. The highest BCUT2D eigenvalue weighted by molar-refractivity contribution is 6.05. The van der Waals surface area contributed by atoms with Crippen LogP contribution in [0, 0.1) is 0 Å². The van der Waals surface area contributed by atoms with Crippen LogP contribution >= 0.6 is 0 Å². The molecule has 5 nitrogen and oxygen atoms in total. The molecule has 1 aliphatic rings. The van der Waals surface area contributed by atoms with E-state index in [4.69, 9.17) is 5.73 Å². The van der Waals surface area contributed by atoms with Gasteiger partial charge < -0.3 is 5.73 Å². The molecule has 2 N–H and O–H groups in total. The first-order valence-electron chi connectivity index (χ1n) is 7.23. The molecular formula is C17H17N3O2. The Bertz CT molecular complexity index is 700. The first-order chi connectivity index (χ1) is 10.7. The second-order valence-corrected chi connectivity index (χ2v) is 5.18. The number of anilines is 1. The highest BCUT2D eigenvalue weighted by Crippen LogP contribution is 2.28. The third-order valence-corrected chi connectivity index (χ3v) is 3.75. The standard InChI is InChI=1S/C17H17N3O2/c18-17(22)20(16(21)14-8-2-1-3-9-14)19-12-6-10-13-7-4-5-11-15(13)19/h1-5,7-9,11H,6,10,12H2,(H2,18,22). The molecule has 0 saturated heterocycles. The lowest BCUT2D eigenvalue weighted by atomic mass is 10.0. The Morgan fingerprint density at radius 1 is 1.00 bits per heavy atom. The summed E-state index contributed by atoms with van der Waals surface area (Å²) < 4.78 is 0. The van der Waals surface area contributed by atoms with Crippen LogP contribution < -0.4 is 10.7 Å². The summed E-state index contributed by atoms with van der Waals surface area (Å²) in [6.45, 7) is 0.582. The van der Waals surface area contributed by atoms with Gasteiger partial charge in [-0.1, -0.05) is 36.4 Å². The maximum absolute atomic E-state index is 12.7. The molecular weight excluding hydrogens is 278 g/mol. The van der Waals surface area contributed by atoms with E-state index in [0.717, 1.165) is 29.1 Å². The molecule has 112 valence electrons. The molecule has 2 aromatic carbocycles. The summed E-state index contributed by atoms with van der Waals surface area (Å²) in [6.07, 6.45) is 1.79. The Balaban J connectivity index is 2.00. The number of hydrazine groups is 1. The Morgan fingerprint density at radius 3 is 2.41 bits per heavy atom. The first-order valence-corrected chi connectivity index (χ1v) is 7.23. The van der Waals surface area contributed by atoms with Gasteiger partial charge >= 0.3 is 6.03 Å². The van der Waals surface area contributed by atoms with Crippen LogP contribution in [-0.2, 0) is 6.42 Å². The predicted molar refractivity (Wildman–Crippen MR) is 84.3 cm³/mol. The summed E-state index contributed by atoms with van der Waals surface area (Å²) in [5.41, 5.74) is 7.89. The number of carbonyl (C=O) groups is 2. The second-order valence-electron chi connectivity index (χ2n) is 5.18. The highest BCUT2D eigenvalue weighted by Gasteiger charge is 2.30. The number of rotatable bonds is 2. The number of nitrogens with zero attached hydrogens (tertiary/aromatic N) is 2. The van der Waals surface area contributed by atoms with E-state index in [0.29, 0.717) is 12.1 Å². The van der Waals surface area contributed by atoms with Crippen LogP contribution in [0.15, 0.2) is 54.6 Å². The smallest absolute Gasteiger partial charge is 0.341 e. The van der Waals surface area contributed by atoms with Crippen molar-refractivity contribution in [2.75, 3.05) is 11.6 Å². The number of nitrogens with two attached hydrogens (primary N) is 1. The SMILES string of the molecule is NC(=O)N(C(=O)c1ccccc1)N1CCCc2ccccc21. The third kappa shape index (κ3) is 2.53. The average Bonchev–Trinajstić information content (AvgIpc) is 2.56. The summed E-state index contributed by atoms with van der Waals surface area (Å²) in [5, 5.41) is 2.71. The van der Waals surface area contributed by atoms with E-state index < -0.39 is 11.9 Å². The van der Waals surface area contributed by atoms with E-state index in [9.17, 15) is 9.59 Å². The Morgan fingerprint density at radius 2 is 1.68 bits per heavy atom. The zero-order valence-corrected chi connectivity index (χ0v) is 12.1. The Labute approximate surface area is 128 Å². The van der Waals surface area contributed by atoms with Crippen LogP contribution in [0.2, 0.25) is 0 Å². The minimum atomic E-state index is -0.773. The highest BCUT2D eigenvalue weighted by atomic mass is 16.2. The Hall–Kier alpha value is -2.82. The summed E-state index contributed by atoms with van der Waals surface area (Å²) in [5.74, 6) is -0.412. The van der Waals surface area contributed by atoms with Crippen LogP contribution in [0.5, 0.6) is 0 Å². The fraction of sp³-hybridized carbons (Fsp3) is 0.176. The van der Waals surface area contributed by atoms with E-state index in [-0.39, 0.29) is 0 Å². The second kappa shape index (κ2) is 5.89. The molecule has 2 aromatic rings. The summed E-state index contributed by atoms with van der Waals surface area (Å²) in [4.78, 5) is 24.6. The lowest BCUT2D eigenvalue weighted by molar-refractivity contribution is 0.0789. The van der Waals surface area contributed by atoms with Gasteiger partial charge in [0.25, 0.3) is 5.91 Å². The van der Waals surface area contributed by atoms with E-state index in [1.807, 2.05) is 30.3 Å². The first kappa shape index (κ1) is 14.1. The van der Waals surface area contributed by atoms with E-state index in [1.54, 1.807) is 29.3 Å². The lowest BCUT2D eigenvalue weighted by Crippen LogP contribution is -2.54. The van der Waals surface area contributed by atoms with Crippen LogP contribution in [-0.4, -0.2) is 23.5 Å². The molecule has 0 radical (unpaired) electrons. The molecule has 0 saturated carbocycles. The third-order valence-electron chi connectivity index (χ3n) is 3.75. The fourth-order valence-corrected chi connectivity index (χ4v) is 2.75. The van der Waals surface area contributed by atoms with Crippen molar-refractivity contribution < 1.29 is 9.59 Å². The molecule has 0 spiro atoms. The van der Waals surface area contributed by atoms with Gasteiger partial charge in [-0.15, -0.1) is 0 Å². The van der Waals surface area contributed by atoms with Gasteiger partial charge in [-0.05, 0) is 36.6 Å². The van der Waals surface area contributed by atoms with Gasteiger partial charge in [-0.25, -0.2) is 4.79 Å². The minimum Gasteiger partial charge on any atom is -0.350 e. The minimum absolute atomic E-state index is 0.412. The zero-order chi connectivity index (χ0) is 15.5. The molecule has 0 aliphatic carbocycles. The van der Waals surface area contributed by atoms with Gasteiger partial charge in [0, 0.05) is 12.1 Å². The van der Waals surface area contributed by atoms with Crippen molar-refractivity contribution in [3.63, 3.8) is 0 Å². The number of hydrogen-bond acceptors (Lipinski definition) is 3. The number of hydrogen-bond donors (Lipinski definition) is 1. The van der Waals surface area contributed by atoms with E-state index in [1.165, 1.54) is 0 Å². The van der Waals surface area contributed by atoms with Gasteiger partial charge in [0.1, 0.15) is 0 Å². The van der Waals surface area contributed by atoms with Gasteiger partial charge in [-0.3, -0.25) is 9.80 Å². The molecule has 22 heavy (non-hydrogen) atoms. The van der Waals surface area contributed by atoms with Crippen LogP contribution in [0.3, 0.4) is 0 Å². The molecule has 3 amide bonds. The monoisotopic (exact) mass is 295 g/mol. The number of para-hydroxylation sites is 1. The number of benzene rings is 2. The van der Waals surface area contributed by atoms with E-state index in [2.05, 4.69) is 0 Å². The van der Waals surface area contributed by atoms with Crippen LogP contribution in [0.25, 0.3) is 0 Å². The maximum Gasteiger partial charge on any atom is 0.341 e. The largest absolute Gasteiger partial charge is 0.350 e.